The number of carbonyl (C=O) groups is 1. The molecule has 1 heterocycles. The molecular weight excluding hydrogens is 221 g/mol. The number of rotatable bonds is 3. The number of aromatic nitrogens is 1. The van der Waals surface area contributed by atoms with Gasteiger partial charge in [0.2, 0.25) is 0 Å². The van der Waals surface area contributed by atoms with Crippen molar-refractivity contribution in [2.75, 3.05) is 0 Å². The first kappa shape index (κ1) is 11.5. The SMILES string of the molecule is CC(C)Oc1cccc2cc(F)c(C=O)nc12. The number of hydrogen-bond donors (Lipinski definition) is 0. The zero-order valence-corrected chi connectivity index (χ0v) is 9.61. The number of para-hydroxylation sites is 1. The Labute approximate surface area is 98.2 Å². The summed E-state index contributed by atoms with van der Waals surface area (Å²) < 4.78 is 18.9. The number of hydrogen-bond acceptors (Lipinski definition) is 3. The maximum atomic E-state index is 13.4. The molecular formula is C13H12FNO2. The van der Waals surface area contributed by atoms with Crippen molar-refractivity contribution in [3.05, 3.63) is 35.8 Å². The molecule has 0 bridgehead atoms. The van der Waals surface area contributed by atoms with Crippen LogP contribution >= 0.6 is 0 Å². The lowest BCUT2D eigenvalue weighted by molar-refractivity contribution is 0.111. The molecule has 0 N–H and O–H groups in total. The maximum absolute atomic E-state index is 13.4. The molecule has 17 heavy (non-hydrogen) atoms. The summed E-state index contributed by atoms with van der Waals surface area (Å²) in [6.45, 7) is 3.78. The van der Waals surface area contributed by atoms with E-state index in [0.717, 1.165) is 0 Å². The minimum atomic E-state index is -0.616. The van der Waals surface area contributed by atoms with Gasteiger partial charge < -0.3 is 4.74 Å². The third kappa shape index (κ3) is 2.25. The molecule has 1 aromatic carbocycles. The molecule has 0 aliphatic heterocycles. The molecule has 0 aliphatic carbocycles. The smallest absolute Gasteiger partial charge is 0.171 e. The Hall–Kier alpha value is -1.97. The van der Waals surface area contributed by atoms with Crippen molar-refractivity contribution in [3.8, 4) is 5.75 Å². The molecule has 0 atom stereocenters. The summed E-state index contributed by atoms with van der Waals surface area (Å²) in [5.74, 6) is -0.0604. The van der Waals surface area contributed by atoms with Gasteiger partial charge in [-0.15, -0.1) is 0 Å². The van der Waals surface area contributed by atoms with E-state index in [9.17, 15) is 9.18 Å². The summed E-state index contributed by atoms with van der Waals surface area (Å²) in [5.41, 5.74) is 0.307. The fourth-order valence-corrected chi connectivity index (χ4v) is 1.59. The van der Waals surface area contributed by atoms with Gasteiger partial charge in [0.15, 0.2) is 12.1 Å². The minimum absolute atomic E-state index is 0.00728. The normalized spacial score (nSPS) is 10.8. The van der Waals surface area contributed by atoms with Crippen molar-refractivity contribution in [1.29, 1.82) is 0 Å². The number of aldehydes is 1. The molecule has 88 valence electrons. The highest BCUT2D eigenvalue weighted by molar-refractivity contribution is 5.87. The Morgan fingerprint density at radius 1 is 1.41 bits per heavy atom. The van der Waals surface area contributed by atoms with E-state index in [-0.39, 0.29) is 11.8 Å². The van der Waals surface area contributed by atoms with E-state index in [4.69, 9.17) is 4.74 Å². The fraction of sp³-hybridized carbons (Fsp3) is 0.231. The highest BCUT2D eigenvalue weighted by atomic mass is 19.1. The van der Waals surface area contributed by atoms with Crippen molar-refractivity contribution in [1.82, 2.24) is 4.98 Å². The van der Waals surface area contributed by atoms with E-state index in [0.29, 0.717) is 22.9 Å². The van der Waals surface area contributed by atoms with Gasteiger partial charge in [-0.2, -0.15) is 0 Å². The van der Waals surface area contributed by atoms with Crippen molar-refractivity contribution < 1.29 is 13.9 Å². The monoisotopic (exact) mass is 233 g/mol. The summed E-state index contributed by atoms with van der Waals surface area (Å²) in [6.07, 6.45) is 0.396. The Morgan fingerprint density at radius 3 is 2.82 bits per heavy atom. The number of pyridine rings is 1. The molecule has 1 aromatic heterocycles. The Bertz CT molecular complexity index is 567. The van der Waals surface area contributed by atoms with Gasteiger partial charge in [-0.1, -0.05) is 12.1 Å². The average Bonchev–Trinajstić information content (AvgIpc) is 2.27. The van der Waals surface area contributed by atoms with Crippen LogP contribution in [0.4, 0.5) is 4.39 Å². The number of fused-ring (bicyclic) bond motifs is 1. The van der Waals surface area contributed by atoms with Gasteiger partial charge >= 0.3 is 0 Å². The Morgan fingerprint density at radius 2 is 2.18 bits per heavy atom. The lowest BCUT2D eigenvalue weighted by atomic mass is 10.2. The molecule has 0 spiro atoms. The average molecular weight is 233 g/mol. The van der Waals surface area contributed by atoms with Crippen molar-refractivity contribution in [3.63, 3.8) is 0 Å². The number of benzene rings is 1. The molecule has 2 aromatic rings. The van der Waals surface area contributed by atoms with Crippen molar-refractivity contribution in [2.24, 2.45) is 0 Å². The molecule has 4 heteroatoms. The molecule has 3 nitrogen and oxygen atoms in total. The van der Waals surface area contributed by atoms with Gasteiger partial charge in [-0.25, -0.2) is 9.37 Å². The van der Waals surface area contributed by atoms with Gasteiger partial charge in [0.05, 0.1) is 6.10 Å². The van der Waals surface area contributed by atoms with Gasteiger partial charge in [0.1, 0.15) is 17.0 Å². The third-order valence-electron chi connectivity index (χ3n) is 2.26. The van der Waals surface area contributed by atoms with E-state index in [2.05, 4.69) is 4.98 Å². The van der Waals surface area contributed by atoms with Crippen LogP contribution < -0.4 is 4.74 Å². The van der Waals surface area contributed by atoms with Gasteiger partial charge in [0.25, 0.3) is 0 Å². The maximum Gasteiger partial charge on any atom is 0.171 e. The fourth-order valence-electron chi connectivity index (χ4n) is 1.59. The van der Waals surface area contributed by atoms with Crippen LogP contribution in [0.2, 0.25) is 0 Å². The van der Waals surface area contributed by atoms with E-state index >= 15 is 0 Å². The van der Waals surface area contributed by atoms with Crippen LogP contribution in [0, 0.1) is 5.82 Å². The first-order chi connectivity index (χ1) is 8.11. The topological polar surface area (TPSA) is 39.2 Å². The number of carbonyl (C=O) groups excluding carboxylic acids is 1. The molecule has 0 saturated heterocycles. The molecule has 0 amide bonds. The van der Waals surface area contributed by atoms with Crippen LogP contribution in [-0.2, 0) is 0 Å². The van der Waals surface area contributed by atoms with Gasteiger partial charge in [0, 0.05) is 5.39 Å². The second-order valence-electron chi connectivity index (χ2n) is 3.97. The van der Waals surface area contributed by atoms with Crippen molar-refractivity contribution >= 4 is 17.2 Å². The van der Waals surface area contributed by atoms with Crippen LogP contribution in [0.5, 0.6) is 5.75 Å². The van der Waals surface area contributed by atoms with Crippen LogP contribution in [0.1, 0.15) is 24.3 Å². The summed E-state index contributed by atoms with van der Waals surface area (Å²) in [5, 5.41) is 0.617. The van der Waals surface area contributed by atoms with Crippen LogP contribution in [0.15, 0.2) is 24.3 Å². The minimum Gasteiger partial charge on any atom is -0.489 e. The molecule has 0 unspecified atom stereocenters. The first-order valence-electron chi connectivity index (χ1n) is 5.33. The first-order valence-corrected chi connectivity index (χ1v) is 5.33. The summed E-state index contributed by atoms with van der Waals surface area (Å²) in [7, 11) is 0. The number of halogens is 1. The summed E-state index contributed by atoms with van der Waals surface area (Å²) in [6, 6.07) is 6.54. The third-order valence-corrected chi connectivity index (χ3v) is 2.26. The molecule has 0 saturated carbocycles. The zero-order chi connectivity index (χ0) is 12.4. The van der Waals surface area contributed by atoms with Crippen LogP contribution in [-0.4, -0.2) is 17.4 Å². The molecule has 0 radical (unpaired) electrons. The predicted molar refractivity (Wildman–Crippen MR) is 62.9 cm³/mol. The molecule has 0 aliphatic rings. The van der Waals surface area contributed by atoms with Crippen LogP contribution in [0.3, 0.4) is 0 Å². The highest BCUT2D eigenvalue weighted by Crippen LogP contribution is 2.25. The quantitative estimate of drug-likeness (QED) is 0.765. The highest BCUT2D eigenvalue weighted by Gasteiger charge is 2.10. The van der Waals surface area contributed by atoms with E-state index < -0.39 is 5.82 Å². The van der Waals surface area contributed by atoms with E-state index in [1.165, 1.54) is 6.07 Å². The van der Waals surface area contributed by atoms with Crippen LogP contribution in [0.25, 0.3) is 10.9 Å². The van der Waals surface area contributed by atoms with E-state index in [1.807, 2.05) is 13.8 Å². The predicted octanol–water partition coefficient (Wildman–Crippen LogP) is 2.97. The Balaban J connectivity index is 2.65. The van der Waals surface area contributed by atoms with Gasteiger partial charge in [-0.05, 0) is 26.0 Å². The summed E-state index contributed by atoms with van der Waals surface area (Å²) in [4.78, 5) is 14.6. The summed E-state index contributed by atoms with van der Waals surface area (Å²) >= 11 is 0. The lowest BCUT2D eigenvalue weighted by Gasteiger charge is -2.11. The second kappa shape index (κ2) is 4.49. The standard InChI is InChI=1S/C13H12FNO2/c1-8(2)17-12-5-3-4-9-6-10(14)11(7-16)15-13(9)12/h3-8H,1-2H3. The van der Waals surface area contributed by atoms with Gasteiger partial charge in [-0.3, -0.25) is 4.79 Å². The number of nitrogens with zero attached hydrogens (tertiary/aromatic N) is 1. The molecule has 2 rings (SSSR count). The zero-order valence-electron chi connectivity index (χ0n) is 9.61. The Kier molecular flexibility index (Phi) is 3.04. The largest absolute Gasteiger partial charge is 0.489 e. The van der Waals surface area contributed by atoms with Crippen molar-refractivity contribution in [2.45, 2.75) is 20.0 Å². The number of ether oxygens (including phenoxy) is 1. The molecule has 0 fully saturated rings. The second-order valence-corrected chi connectivity index (χ2v) is 3.97. The van der Waals surface area contributed by atoms with E-state index in [1.54, 1.807) is 18.2 Å². The lowest BCUT2D eigenvalue weighted by Crippen LogP contribution is -2.06.